The van der Waals surface area contributed by atoms with Crippen LogP contribution in [-0.2, 0) is 12.8 Å². The lowest BCUT2D eigenvalue weighted by Crippen LogP contribution is -2.24. The highest BCUT2D eigenvalue weighted by Gasteiger charge is 2.14. The van der Waals surface area contributed by atoms with E-state index in [0.717, 1.165) is 29.6 Å². The summed E-state index contributed by atoms with van der Waals surface area (Å²) in [4.78, 5) is 4.60. The van der Waals surface area contributed by atoms with Crippen LogP contribution in [0.3, 0.4) is 0 Å². The van der Waals surface area contributed by atoms with Gasteiger partial charge in [0.25, 0.3) is 0 Å². The van der Waals surface area contributed by atoms with Gasteiger partial charge in [-0.3, -0.25) is 4.98 Å². The Bertz CT molecular complexity index is 578. The van der Waals surface area contributed by atoms with Crippen LogP contribution in [0.5, 0.6) is 0 Å². The molecule has 0 bridgehead atoms. The molecule has 1 heterocycles. The van der Waals surface area contributed by atoms with Gasteiger partial charge in [-0.2, -0.15) is 0 Å². The maximum Gasteiger partial charge on any atom is 0.0422 e. The molecule has 0 aliphatic rings. The number of nitrogens with one attached hydrogen (secondary N) is 1. The molecule has 0 fully saturated rings. The lowest BCUT2D eigenvalue weighted by Gasteiger charge is -2.20. The number of halogens is 1. The van der Waals surface area contributed by atoms with Gasteiger partial charge in [0, 0.05) is 28.8 Å². The van der Waals surface area contributed by atoms with Gasteiger partial charge < -0.3 is 5.32 Å². The van der Waals surface area contributed by atoms with Gasteiger partial charge in [0.1, 0.15) is 0 Å². The van der Waals surface area contributed by atoms with E-state index in [-0.39, 0.29) is 0 Å². The molecule has 1 aromatic carbocycles. The van der Waals surface area contributed by atoms with E-state index in [1.54, 1.807) is 0 Å². The van der Waals surface area contributed by atoms with Gasteiger partial charge in [0.15, 0.2) is 0 Å². The molecule has 0 spiro atoms. The van der Waals surface area contributed by atoms with E-state index in [1.165, 1.54) is 16.7 Å². The molecule has 2 nitrogen and oxygen atoms in total. The van der Waals surface area contributed by atoms with Crippen molar-refractivity contribution >= 4 is 15.9 Å². The van der Waals surface area contributed by atoms with Gasteiger partial charge >= 0.3 is 0 Å². The Morgan fingerprint density at radius 1 is 1.19 bits per heavy atom. The third kappa shape index (κ3) is 4.39. The van der Waals surface area contributed by atoms with Crippen LogP contribution in [0.1, 0.15) is 42.3 Å². The summed E-state index contributed by atoms with van der Waals surface area (Å²) in [5, 5.41) is 3.58. The van der Waals surface area contributed by atoms with Gasteiger partial charge in [-0.05, 0) is 54.8 Å². The molecule has 2 aromatic rings. The number of benzene rings is 1. The van der Waals surface area contributed by atoms with Crippen LogP contribution in [0, 0.1) is 6.92 Å². The first-order chi connectivity index (χ1) is 10.1. The molecule has 1 unspecified atom stereocenters. The van der Waals surface area contributed by atoms with Crippen LogP contribution < -0.4 is 5.32 Å². The molecule has 0 aliphatic heterocycles. The highest BCUT2D eigenvalue weighted by atomic mass is 79.9. The summed E-state index contributed by atoms with van der Waals surface area (Å²) in [6.45, 7) is 7.42. The largest absolute Gasteiger partial charge is 0.310 e. The van der Waals surface area contributed by atoms with E-state index < -0.39 is 0 Å². The van der Waals surface area contributed by atoms with Crippen LogP contribution in [0.2, 0.25) is 0 Å². The fraction of sp³-hybridized carbons (Fsp3) is 0.389. The Hall–Kier alpha value is -1.19. The summed E-state index contributed by atoms with van der Waals surface area (Å²) in [5.41, 5.74) is 5.08. The molecule has 0 saturated carbocycles. The number of aryl methyl sites for hydroxylation is 2. The maximum atomic E-state index is 4.60. The minimum absolute atomic E-state index is 0.299. The van der Waals surface area contributed by atoms with Crippen molar-refractivity contribution in [1.82, 2.24) is 10.3 Å². The van der Waals surface area contributed by atoms with Crippen LogP contribution in [-0.4, -0.2) is 11.5 Å². The standard InChI is InChI=1S/C18H23BrN2/c1-4-14-7-9-16(21-12-14)11-18(20-5-2)17-10-15(19)8-6-13(17)3/h6-10,12,18,20H,4-5,11H2,1-3H3. The fourth-order valence-corrected chi connectivity index (χ4v) is 2.90. The Labute approximate surface area is 136 Å². The Kier molecular flexibility index (Phi) is 5.95. The van der Waals surface area contributed by atoms with E-state index >= 15 is 0 Å². The summed E-state index contributed by atoms with van der Waals surface area (Å²) in [5.74, 6) is 0. The Balaban J connectivity index is 2.23. The van der Waals surface area contributed by atoms with Gasteiger partial charge in [-0.1, -0.05) is 41.9 Å². The first-order valence-corrected chi connectivity index (χ1v) is 8.36. The number of hydrogen-bond donors (Lipinski definition) is 1. The van der Waals surface area contributed by atoms with Gasteiger partial charge in [-0.25, -0.2) is 0 Å². The van der Waals surface area contributed by atoms with E-state index in [9.17, 15) is 0 Å². The molecule has 0 amide bonds. The molecule has 112 valence electrons. The number of nitrogens with zero attached hydrogens (tertiary/aromatic N) is 1. The Morgan fingerprint density at radius 3 is 2.62 bits per heavy atom. The van der Waals surface area contributed by atoms with Crippen molar-refractivity contribution in [2.75, 3.05) is 6.54 Å². The third-order valence-electron chi connectivity index (χ3n) is 3.77. The first-order valence-electron chi connectivity index (χ1n) is 7.57. The number of likely N-dealkylation sites (N-methyl/N-ethyl adjacent to an activating group) is 1. The van der Waals surface area contributed by atoms with Gasteiger partial charge in [-0.15, -0.1) is 0 Å². The Morgan fingerprint density at radius 2 is 2.00 bits per heavy atom. The van der Waals surface area contributed by atoms with Crippen molar-refractivity contribution < 1.29 is 0 Å². The number of pyridine rings is 1. The number of aromatic nitrogens is 1. The minimum Gasteiger partial charge on any atom is -0.310 e. The zero-order chi connectivity index (χ0) is 15.2. The van der Waals surface area contributed by atoms with E-state index in [4.69, 9.17) is 0 Å². The molecular formula is C18H23BrN2. The predicted molar refractivity (Wildman–Crippen MR) is 92.6 cm³/mol. The highest BCUT2D eigenvalue weighted by Crippen LogP contribution is 2.25. The second kappa shape index (κ2) is 7.71. The average Bonchev–Trinajstić information content (AvgIpc) is 2.50. The van der Waals surface area contributed by atoms with Crippen molar-refractivity contribution in [1.29, 1.82) is 0 Å². The summed E-state index contributed by atoms with van der Waals surface area (Å²) in [6, 6.07) is 11.1. The zero-order valence-electron chi connectivity index (χ0n) is 13.0. The molecule has 1 atom stereocenters. The minimum atomic E-state index is 0.299. The van der Waals surface area contributed by atoms with Gasteiger partial charge in [0.2, 0.25) is 0 Å². The summed E-state index contributed by atoms with van der Waals surface area (Å²) in [7, 11) is 0. The average molecular weight is 347 g/mol. The molecular weight excluding hydrogens is 324 g/mol. The van der Waals surface area contributed by atoms with E-state index in [1.807, 2.05) is 6.20 Å². The molecule has 21 heavy (non-hydrogen) atoms. The van der Waals surface area contributed by atoms with Crippen molar-refractivity contribution in [3.63, 3.8) is 0 Å². The smallest absolute Gasteiger partial charge is 0.0422 e. The normalized spacial score (nSPS) is 12.4. The molecule has 0 radical (unpaired) electrons. The first kappa shape index (κ1) is 16.2. The van der Waals surface area contributed by atoms with E-state index in [0.29, 0.717) is 6.04 Å². The molecule has 2 rings (SSSR count). The molecule has 0 aliphatic carbocycles. The molecule has 3 heteroatoms. The van der Waals surface area contributed by atoms with Crippen LogP contribution >= 0.6 is 15.9 Å². The summed E-state index contributed by atoms with van der Waals surface area (Å²) in [6.07, 6.45) is 3.94. The summed E-state index contributed by atoms with van der Waals surface area (Å²) >= 11 is 3.58. The lowest BCUT2D eigenvalue weighted by atomic mass is 9.97. The fourth-order valence-electron chi connectivity index (χ4n) is 2.52. The third-order valence-corrected chi connectivity index (χ3v) is 4.27. The van der Waals surface area contributed by atoms with Crippen molar-refractivity contribution in [3.8, 4) is 0 Å². The summed E-state index contributed by atoms with van der Waals surface area (Å²) < 4.78 is 1.13. The van der Waals surface area contributed by atoms with Crippen LogP contribution in [0.4, 0.5) is 0 Å². The van der Waals surface area contributed by atoms with Crippen LogP contribution in [0.25, 0.3) is 0 Å². The van der Waals surface area contributed by atoms with Crippen molar-refractivity contribution in [2.45, 2.75) is 39.7 Å². The molecule has 1 aromatic heterocycles. The number of rotatable bonds is 6. The second-order valence-electron chi connectivity index (χ2n) is 5.33. The SMILES string of the molecule is CCNC(Cc1ccc(CC)cn1)c1cc(Br)ccc1C. The molecule has 1 N–H and O–H groups in total. The lowest BCUT2D eigenvalue weighted by molar-refractivity contribution is 0.541. The molecule has 0 saturated heterocycles. The zero-order valence-corrected chi connectivity index (χ0v) is 14.6. The van der Waals surface area contributed by atoms with Gasteiger partial charge in [0.05, 0.1) is 0 Å². The monoisotopic (exact) mass is 346 g/mol. The maximum absolute atomic E-state index is 4.60. The quantitative estimate of drug-likeness (QED) is 0.826. The number of hydrogen-bond acceptors (Lipinski definition) is 2. The van der Waals surface area contributed by atoms with E-state index in [2.05, 4.69) is 77.3 Å². The topological polar surface area (TPSA) is 24.9 Å². The predicted octanol–water partition coefficient (Wildman–Crippen LogP) is 4.61. The highest BCUT2D eigenvalue weighted by molar-refractivity contribution is 9.10. The van der Waals surface area contributed by atoms with Crippen molar-refractivity contribution in [2.24, 2.45) is 0 Å². The second-order valence-corrected chi connectivity index (χ2v) is 6.24. The van der Waals surface area contributed by atoms with Crippen molar-refractivity contribution in [3.05, 3.63) is 63.4 Å². The van der Waals surface area contributed by atoms with Crippen LogP contribution in [0.15, 0.2) is 41.0 Å².